The van der Waals surface area contributed by atoms with Crippen LogP contribution in [0.15, 0.2) is 34.2 Å². The molecule has 0 aliphatic rings. The van der Waals surface area contributed by atoms with Crippen molar-refractivity contribution in [1.29, 1.82) is 0 Å². The van der Waals surface area contributed by atoms with Gasteiger partial charge in [0.1, 0.15) is 5.82 Å². The molecule has 0 spiro atoms. The predicted octanol–water partition coefficient (Wildman–Crippen LogP) is 0.360. The van der Waals surface area contributed by atoms with E-state index in [2.05, 4.69) is 15.6 Å². The summed E-state index contributed by atoms with van der Waals surface area (Å²) >= 11 is 0. The van der Waals surface area contributed by atoms with Crippen LogP contribution in [0.1, 0.15) is 16.1 Å². The molecule has 94 valence electrons. The highest BCUT2D eigenvalue weighted by molar-refractivity contribution is 6.07. The van der Waals surface area contributed by atoms with Crippen molar-refractivity contribution < 1.29 is 14.4 Å². The minimum absolute atomic E-state index is 0.141. The van der Waals surface area contributed by atoms with Crippen LogP contribution in [-0.4, -0.2) is 26.7 Å². The molecular weight excluding hydrogens is 238 g/mol. The molecule has 1 amide bonds. The Morgan fingerprint density at radius 2 is 2.44 bits per heavy atom. The fourth-order valence-electron chi connectivity index (χ4n) is 1.40. The summed E-state index contributed by atoms with van der Waals surface area (Å²) in [5.41, 5.74) is 5.79. The number of carbonyl (C=O) groups excluding carboxylic acids is 1. The second-order valence-electron chi connectivity index (χ2n) is 3.45. The van der Waals surface area contributed by atoms with Gasteiger partial charge in [-0.3, -0.25) is 9.48 Å². The lowest BCUT2D eigenvalue weighted by molar-refractivity contribution is 0.0995. The maximum atomic E-state index is 11.8. The summed E-state index contributed by atoms with van der Waals surface area (Å²) in [4.78, 5) is 11.8. The molecule has 0 aromatic carbocycles. The van der Waals surface area contributed by atoms with Crippen LogP contribution in [0.4, 0.5) is 5.82 Å². The van der Waals surface area contributed by atoms with Gasteiger partial charge in [-0.2, -0.15) is 5.10 Å². The van der Waals surface area contributed by atoms with E-state index >= 15 is 0 Å². The highest BCUT2D eigenvalue weighted by Crippen LogP contribution is 2.15. The van der Waals surface area contributed by atoms with E-state index in [9.17, 15) is 4.79 Å². The topological polar surface area (TPSA) is 119 Å². The molecule has 18 heavy (non-hydrogen) atoms. The normalized spacial score (nSPS) is 11.5. The molecule has 0 atom stereocenters. The molecule has 2 rings (SSSR count). The number of hydrogen-bond acceptors (Lipinski definition) is 5. The van der Waals surface area contributed by atoms with Crippen LogP contribution < -0.4 is 11.1 Å². The first-order valence-corrected chi connectivity index (χ1v) is 4.98. The summed E-state index contributed by atoms with van der Waals surface area (Å²) in [5, 5.41) is 18.0. The Morgan fingerprint density at radius 3 is 3.06 bits per heavy atom. The van der Waals surface area contributed by atoms with Crippen molar-refractivity contribution in [3.63, 3.8) is 0 Å². The Hall–Kier alpha value is -2.77. The number of nitrogens with two attached hydrogens (primary N) is 1. The summed E-state index contributed by atoms with van der Waals surface area (Å²) in [7, 11) is 1.62. The first kappa shape index (κ1) is 11.7. The van der Waals surface area contributed by atoms with Crippen LogP contribution in [0.3, 0.4) is 0 Å². The molecule has 8 heteroatoms. The number of carbonyl (C=O) groups is 1. The highest BCUT2D eigenvalue weighted by Gasteiger charge is 2.17. The Balaban J connectivity index is 2.29. The first-order chi connectivity index (χ1) is 8.63. The lowest BCUT2D eigenvalue weighted by Crippen LogP contribution is -2.19. The van der Waals surface area contributed by atoms with Gasteiger partial charge in [-0.1, -0.05) is 5.16 Å². The Kier molecular flexibility index (Phi) is 3.00. The summed E-state index contributed by atoms with van der Waals surface area (Å²) < 4.78 is 6.36. The van der Waals surface area contributed by atoms with Gasteiger partial charge >= 0.3 is 0 Å². The Bertz CT molecular complexity index is 585. The minimum atomic E-state index is -0.449. The van der Waals surface area contributed by atoms with Gasteiger partial charge in [0, 0.05) is 7.05 Å². The number of furan rings is 1. The molecule has 2 aromatic heterocycles. The van der Waals surface area contributed by atoms with Gasteiger partial charge in [-0.15, -0.1) is 0 Å². The maximum absolute atomic E-state index is 11.8. The van der Waals surface area contributed by atoms with E-state index in [1.807, 2.05) is 0 Å². The van der Waals surface area contributed by atoms with Crippen LogP contribution in [0.2, 0.25) is 0 Å². The molecule has 0 saturated carbocycles. The largest absolute Gasteiger partial charge is 0.459 e. The number of rotatable bonds is 3. The number of aromatic nitrogens is 2. The minimum Gasteiger partial charge on any atom is -0.459 e. The van der Waals surface area contributed by atoms with Crippen LogP contribution >= 0.6 is 0 Å². The highest BCUT2D eigenvalue weighted by atomic mass is 16.4. The molecule has 4 N–H and O–H groups in total. The third-order valence-electron chi connectivity index (χ3n) is 2.30. The fourth-order valence-corrected chi connectivity index (χ4v) is 1.40. The van der Waals surface area contributed by atoms with E-state index in [1.54, 1.807) is 13.1 Å². The number of nitrogens with one attached hydrogen (secondary N) is 1. The zero-order valence-corrected chi connectivity index (χ0v) is 9.49. The molecule has 0 aliphatic carbocycles. The lowest BCUT2D eigenvalue weighted by atomic mass is 10.3. The summed E-state index contributed by atoms with van der Waals surface area (Å²) in [6, 6.07) is 3.12. The summed E-state index contributed by atoms with van der Waals surface area (Å²) in [6.45, 7) is 0. The van der Waals surface area contributed by atoms with Crippen LogP contribution in [0, 0.1) is 0 Å². The standard InChI is InChI=1S/C10H11N5O3/c1-15-9(6(5-12-15)8(11)14-17)13-10(16)7-3-2-4-18-7/h2-5,17H,1H3,(H2,11,14)(H,13,16). The fraction of sp³-hybridized carbons (Fsp3) is 0.100. The summed E-state index contributed by atoms with van der Waals surface area (Å²) in [5.74, 6) is -0.123. The van der Waals surface area contributed by atoms with E-state index in [-0.39, 0.29) is 11.6 Å². The average Bonchev–Trinajstić information content (AvgIpc) is 2.99. The number of anilines is 1. The van der Waals surface area contributed by atoms with E-state index in [4.69, 9.17) is 15.4 Å². The molecule has 8 nitrogen and oxygen atoms in total. The molecule has 0 saturated heterocycles. The number of aryl methyl sites for hydroxylation is 1. The molecule has 0 fully saturated rings. The second kappa shape index (κ2) is 4.62. The summed E-state index contributed by atoms with van der Waals surface area (Å²) in [6.07, 6.45) is 2.77. The Labute approximate surface area is 102 Å². The lowest BCUT2D eigenvalue weighted by Gasteiger charge is -2.06. The van der Waals surface area contributed by atoms with Crippen LogP contribution in [0.5, 0.6) is 0 Å². The van der Waals surface area contributed by atoms with Crippen molar-refractivity contribution in [2.45, 2.75) is 0 Å². The van der Waals surface area contributed by atoms with Crippen molar-refractivity contribution in [3.05, 3.63) is 35.9 Å². The van der Waals surface area contributed by atoms with E-state index in [0.29, 0.717) is 11.4 Å². The zero-order valence-electron chi connectivity index (χ0n) is 9.49. The van der Waals surface area contributed by atoms with Gasteiger partial charge in [0.15, 0.2) is 11.6 Å². The van der Waals surface area contributed by atoms with Crippen molar-refractivity contribution in [2.24, 2.45) is 17.9 Å². The molecule has 0 radical (unpaired) electrons. The Morgan fingerprint density at radius 1 is 1.67 bits per heavy atom. The van der Waals surface area contributed by atoms with E-state index in [1.165, 1.54) is 23.2 Å². The third-order valence-corrected chi connectivity index (χ3v) is 2.30. The molecule has 2 heterocycles. The third kappa shape index (κ3) is 2.03. The second-order valence-corrected chi connectivity index (χ2v) is 3.45. The number of hydrogen-bond donors (Lipinski definition) is 3. The first-order valence-electron chi connectivity index (χ1n) is 4.98. The van der Waals surface area contributed by atoms with Crippen molar-refractivity contribution in [2.75, 3.05) is 5.32 Å². The van der Waals surface area contributed by atoms with Crippen molar-refractivity contribution in [1.82, 2.24) is 9.78 Å². The van der Waals surface area contributed by atoms with Crippen molar-refractivity contribution >= 4 is 17.6 Å². The van der Waals surface area contributed by atoms with Gasteiger partial charge in [-0.25, -0.2) is 0 Å². The van der Waals surface area contributed by atoms with Crippen LogP contribution in [0.25, 0.3) is 0 Å². The van der Waals surface area contributed by atoms with Gasteiger partial charge < -0.3 is 20.7 Å². The van der Waals surface area contributed by atoms with Gasteiger partial charge in [-0.05, 0) is 12.1 Å². The molecule has 0 bridgehead atoms. The molecular formula is C10H11N5O3. The number of amidine groups is 1. The molecule has 0 unspecified atom stereocenters. The predicted molar refractivity (Wildman–Crippen MR) is 62.4 cm³/mol. The molecule has 2 aromatic rings. The number of amides is 1. The maximum Gasteiger partial charge on any atom is 0.292 e. The van der Waals surface area contributed by atoms with Gasteiger partial charge in [0.25, 0.3) is 5.91 Å². The number of nitrogens with zero attached hydrogens (tertiary/aromatic N) is 3. The van der Waals surface area contributed by atoms with Gasteiger partial charge in [0.2, 0.25) is 0 Å². The van der Waals surface area contributed by atoms with E-state index < -0.39 is 5.91 Å². The SMILES string of the molecule is Cn1ncc(C(N)=NO)c1NC(=O)c1ccco1. The number of oxime groups is 1. The van der Waals surface area contributed by atoms with E-state index in [0.717, 1.165) is 0 Å². The van der Waals surface area contributed by atoms with Crippen molar-refractivity contribution in [3.8, 4) is 0 Å². The average molecular weight is 249 g/mol. The monoisotopic (exact) mass is 249 g/mol. The smallest absolute Gasteiger partial charge is 0.292 e. The van der Waals surface area contributed by atoms with Crippen LogP contribution in [-0.2, 0) is 7.05 Å². The molecule has 0 aliphatic heterocycles. The quantitative estimate of drug-likeness (QED) is 0.314. The van der Waals surface area contributed by atoms with Gasteiger partial charge in [0.05, 0.1) is 18.0 Å². The zero-order chi connectivity index (χ0) is 13.1.